The largest absolute Gasteiger partial charge is 0.454 e. The predicted octanol–water partition coefficient (Wildman–Crippen LogP) is 2.68. The van der Waals surface area contributed by atoms with E-state index < -0.39 is 33.3 Å². The average Bonchev–Trinajstić information content (AvgIpc) is 2.37. The fraction of sp³-hybridized carbons (Fsp3) is 0.250. The van der Waals surface area contributed by atoms with Crippen LogP contribution in [0.4, 0.5) is 11.4 Å². The van der Waals surface area contributed by atoms with Crippen LogP contribution in [0.3, 0.4) is 0 Å². The van der Waals surface area contributed by atoms with Crippen molar-refractivity contribution < 1.29 is 19.4 Å². The molecule has 1 rings (SSSR count). The Bertz CT molecular complexity index is 563. The monoisotopic (exact) mass is 280 g/mol. The van der Waals surface area contributed by atoms with Gasteiger partial charge in [0.1, 0.15) is 11.7 Å². The Labute approximate surface area is 114 Å². The van der Waals surface area contributed by atoms with Crippen LogP contribution >= 0.6 is 0 Å². The van der Waals surface area contributed by atoms with E-state index in [9.17, 15) is 25.0 Å². The molecule has 1 unspecified atom stereocenters. The molecule has 0 aromatic heterocycles. The van der Waals surface area contributed by atoms with Crippen LogP contribution in [0, 0.1) is 20.2 Å². The molecule has 1 aromatic carbocycles. The average molecular weight is 280 g/mol. The van der Waals surface area contributed by atoms with Crippen molar-refractivity contribution >= 4 is 17.3 Å². The first kappa shape index (κ1) is 15.3. The van der Waals surface area contributed by atoms with Crippen molar-refractivity contribution in [2.45, 2.75) is 20.0 Å². The molecule has 0 heterocycles. The molecule has 1 atom stereocenters. The van der Waals surface area contributed by atoms with Crippen LogP contribution in [-0.4, -0.2) is 15.8 Å². The van der Waals surface area contributed by atoms with Gasteiger partial charge in [0.05, 0.1) is 9.85 Å². The molecular formula is C12H12N2O6. The quantitative estimate of drug-likeness (QED) is 0.354. The molecule has 0 saturated carbocycles. The van der Waals surface area contributed by atoms with Gasteiger partial charge >= 0.3 is 5.97 Å². The highest BCUT2D eigenvalue weighted by atomic mass is 16.6. The molecule has 0 saturated heterocycles. The van der Waals surface area contributed by atoms with Crippen LogP contribution in [0.2, 0.25) is 0 Å². The van der Waals surface area contributed by atoms with Crippen molar-refractivity contribution in [3.63, 3.8) is 0 Å². The molecule has 0 amide bonds. The third kappa shape index (κ3) is 3.16. The minimum absolute atomic E-state index is 0.0955. The molecular weight excluding hydrogens is 268 g/mol. The van der Waals surface area contributed by atoms with E-state index in [0.717, 1.165) is 12.1 Å². The SMILES string of the molecule is C=C(C)C(=O)OC(C)c1c([N+](=O)[O-])cccc1[N+](=O)[O-]. The first-order valence-electron chi connectivity index (χ1n) is 5.54. The standard InChI is InChI=1S/C12H12N2O6/c1-7(2)12(15)20-8(3)11-9(13(16)17)5-4-6-10(11)14(18)19/h4-6,8H,1H2,2-3H3. The number of hydrogen-bond donors (Lipinski definition) is 0. The van der Waals surface area contributed by atoms with Crippen molar-refractivity contribution in [2.75, 3.05) is 0 Å². The maximum absolute atomic E-state index is 11.4. The summed E-state index contributed by atoms with van der Waals surface area (Å²) in [6.45, 7) is 6.11. The van der Waals surface area contributed by atoms with E-state index >= 15 is 0 Å². The lowest BCUT2D eigenvalue weighted by molar-refractivity contribution is -0.396. The van der Waals surface area contributed by atoms with E-state index in [1.165, 1.54) is 19.9 Å². The summed E-state index contributed by atoms with van der Waals surface area (Å²) in [7, 11) is 0. The summed E-state index contributed by atoms with van der Waals surface area (Å²) >= 11 is 0. The molecule has 8 nitrogen and oxygen atoms in total. The first-order valence-corrected chi connectivity index (χ1v) is 5.54. The Morgan fingerprint density at radius 2 is 1.70 bits per heavy atom. The molecule has 0 bridgehead atoms. The summed E-state index contributed by atoms with van der Waals surface area (Å²) in [5.41, 5.74) is -1.10. The highest BCUT2D eigenvalue weighted by molar-refractivity contribution is 5.87. The van der Waals surface area contributed by atoms with Crippen molar-refractivity contribution in [3.8, 4) is 0 Å². The Morgan fingerprint density at radius 1 is 1.25 bits per heavy atom. The molecule has 0 N–H and O–H groups in total. The third-order valence-corrected chi connectivity index (χ3v) is 2.49. The van der Waals surface area contributed by atoms with E-state index in [1.54, 1.807) is 0 Å². The number of benzene rings is 1. The summed E-state index contributed by atoms with van der Waals surface area (Å²) in [5, 5.41) is 21.9. The molecule has 106 valence electrons. The van der Waals surface area contributed by atoms with Crippen LogP contribution in [0.25, 0.3) is 0 Å². The number of nitro benzene ring substituents is 2. The number of rotatable bonds is 5. The molecule has 8 heteroatoms. The number of ether oxygens (including phenoxy) is 1. The minimum atomic E-state index is -1.14. The van der Waals surface area contributed by atoms with Crippen LogP contribution in [-0.2, 0) is 9.53 Å². The predicted molar refractivity (Wildman–Crippen MR) is 69.1 cm³/mol. The summed E-state index contributed by atoms with van der Waals surface area (Å²) in [6, 6.07) is 3.44. The van der Waals surface area contributed by atoms with E-state index in [2.05, 4.69) is 6.58 Å². The lowest BCUT2D eigenvalue weighted by Gasteiger charge is -2.13. The molecule has 0 radical (unpaired) electrons. The molecule has 0 fully saturated rings. The van der Waals surface area contributed by atoms with Gasteiger partial charge in [0.25, 0.3) is 11.4 Å². The zero-order valence-corrected chi connectivity index (χ0v) is 10.9. The lowest BCUT2D eigenvalue weighted by Crippen LogP contribution is -2.12. The van der Waals surface area contributed by atoms with Crippen LogP contribution in [0.15, 0.2) is 30.4 Å². The fourth-order valence-electron chi connectivity index (χ4n) is 1.60. The van der Waals surface area contributed by atoms with E-state index in [4.69, 9.17) is 4.74 Å². The second-order valence-electron chi connectivity index (χ2n) is 4.05. The Hall–Kier alpha value is -2.77. The molecule has 20 heavy (non-hydrogen) atoms. The van der Waals surface area contributed by atoms with Crippen LogP contribution in [0.5, 0.6) is 0 Å². The zero-order valence-electron chi connectivity index (χ0n) is 10.9. The Kier molecular flexibility index (Phi) is 4.52. The molecule has 0 spiro atoms. The van der Waals surface area contributed by atoms with Gasteiger partial charge in [-0.3, -0.25) is 20.2 Å². The summed E-state index contributed by atoms with van der Waals surface area (Å²) in [4.78, 5) is 31.8. The smallest absolute Gasteiger partial charge is 0.333 e. The van der Waals surface area contributed by atoms with E-state index in [-0.39, 0.29) is 11.1 Å². The first-order chi connectivity index (χ1) is 9.25. The maximum atomic E-state index is 11.4. The van der Waals surface area contributed by atoms with Crippen LogP contribution < -0.4 is 0 Å². The van der Waals surface area contributed by atoms with Crippen LogP contribution in [0.1, 0.15) is 25.5 Å². The fourth-order valence-corrected chi connectivity index (χ4v) is 1.60. The second kappa shape index (κ2) is 5.91. The van der Waals surface area contributed by atoms with Crippen molar-refractivity contribution in [3.05, 3.63) is 56.1 Å². The number of nitro groups is 2. The summed E-state index contributed by atoms with van der Waals surface area (Å²) in [6.07, 6.45) is -1.14. The van der Waals surface area contributed by atoms with Gasteiger partial charge in [-0.1, -0.05) is 6.58 Å². The zero-order chi connectivity index (χ0) is 15.4. The maximum Gasteiger partial charge on any atom is 0.333 e. The van der Waals surface area contributed by atoms with Gasteiger partial charge in [-0.15, -0.1) is 0 Å². The van der Waals surface area contributed by atoms with E-state index in [0.29, 0.717) is 0 Å². The number of nitrogens with zero attached hydrogens (tertiary/aromatic N) is 2. The Balaban J connectivity index is 3.32. The number of carbonyl (C=O) groups is 1. The lowest BCUT2D eigenvalue weighted by atomic mass is 10.1. The third-order valence-electron chi connectivity index (χ3n) is 2.49. The topological polar surface area (TPSA) is 113 Å². The highest BCUT2D eigenvalue weighted by Gasteiger charge is 2.31. The molecule has 0 aliphatic heterocycles. The second-order valence-corrected chi connectivity index (χ2v) is 4.05. The number of carbonyl (C=O) groups excluding carboxylic acids is 1. The highest BCUT2D eigenvalue weighted by Crippen LogP contribution is 2.35. The van der Waals surface area contributed by atoms with Crippen molar-refractivity contribution in [1.29, 1.82) is 0 Å². The van der Waals surface area contributed by atoms with Gasteiger partial charge in [0, 0.05) is 17.7 Å². The summed E-state index contributed by atoms with van der Waals surface area (Å²) < 4.78 is 4.93. The summed E-state index contributed by atoms with van der Waals surface area (Å²) in [5.74, 6) is -0.773. The van der Waals surface area contributed by atoms with Gasteiger partial charge in [0.2, 0.25) is 0 Å². The molecule has 0 aliphatic carbocycles. The van der Waals surface area contributed by atoms with Gasteiger partial charge < -0.3 is 4.74 Å². The number of hydrogen-bond acceptors (Lipinski definition) is 6. The Morgan fingerprint density at radius 3 is 2.05 bits per heavy atom. The van der Waals surface area contributed by atoms with E-state index in [1.807, 2.05) is 0 Å². The molecule has 0 aliphatic rings. The van der Waals surface area contributed by atoms with Gasteiger partial charge in [0.15, 0.2) is 0 Å². The van der Waals surface area contributed by atoms with Gasteiger partial charge in [-0.2, -0.15) is 0 Å². The minimum Gasteiger partial charge on any atom is -0.454 e. The molecule has 1 aromatic rings. The van der Waals surface area contributed by atoms with Crippen molar-refractivity contribution in [1.82, 2.24) is 0 Å². The number of esters is 1. The normalized spacial score (nSPS) is 11.5. The van der Waals surface area contributed by atoms with Gasteiger partial charge in [-0.05, 0) is 19.9 Å². The van der Waals surface area contributed by atoms with Crippen molar-refractivity contribution in [2.24, 2.45) is 0 Å². The van der Waals surface area contributed by atoms with Gasteiger partial charge in [-0.25, -0.2) is 4.79 Å².